The van der Waals surface area contributed by atoms with Crippen molar-refractivity contribution in [2.75, 3.05) is 5.73 Å². The summed E-state index contributed by atoms with van der Waals surface area (Å²) in [7, 11) is 0. The highest BCUT2D eigenvalue weighted by atomic mass is 79.9. The third kappa shape index (κ3) is 3.02. The molecule has 8 heteroatoms. The van der Waals surface area contributed by atoms with Crippen molar-refractivity contribution < 1.29 is 9.90 Å². The quantitative estimate of drug-likeness (QED) is 0.618. The van der Waals surface area contributed by atoms with Gasteiger partial charge >= 0.3 is 5.97 Å². The summed E-state index contributed by atoms with van der Waals surface area (Å²) >= 11 is 3.60. The first-order chi connectivity index (χ1) is 14.0. The van der Waals surface area contributed by atoms with E-state index in [0.717, 1.165) is 46.2 Å². The number of hydrogen-bond acceptors (Lipinski definition) is 5. The summed E-state index contributed by atoms with van der Waals surface area (Å²) in [5.41, 5.74) is 12.0. The fourth-order valence-electron chi connectivity index (χ4n) is 4.38. The van der Waals surface area contributed by atoms with Crippen LogP contribution >= 0.6 is 15.9 Å². The molecule has 5 rings (SSSR count). The van der Waals surface area contributed by atoms with Gasteiger partial charge in [-0.15, -0.1) is 0 Å². The number of carboxylic acid groups (broad SMARTS) is 1. The maximum absolute atomic E-state index is 11.3. The van der Waals surface area contributed by atoms with E-state index in [-0.39, 0.29) is 11.8 Å². The van der Waals surface area contributed by atoms with Crippen LogP contribution < -0.4 is 5.73 Å². The van der Waals surface area contributed by atoms with Gasteiger partial charge in [-0.25, -0.2) is 4.98 Å². The Morgan fingerprint density at radius 2 is 2.03 bits per heavy atom. The molecule has 0 unspecified atom stereocenters. The van der Waals surface area contributed by atoms with E-state index in [1.54, 1.807) is 10.7 Å². The van der Waals surface area contributed by atoms with Crippen LogP contribution in [0.3, 0.4) is 0 Å². The number of anilines is 1. The Hall–Kier alpha value is -2.74. The number of nitrogens with zero attached hydrogens (tertiary/aromatic N) is 4. The van der Waals surface area contributed by atoms with E-state index in [4.69, 9.17) is 10.7 Å². The van der Waals surface area contributed by atoms with Crippen LogP contribution in [0.4, 0.5) is 5.82 Å². The number of fused-ring (bicyclic) bond motifs is 2. The molecule has 29 heavy (non-hydrogen) atoms. The molecule has 0 aliphatic heterocycles. The predicted octanol–water partition coefficient (Wildman–Crippen LogP) is 4.06. The van der Waals surface area contributed by atoms with Crippen LogP contribution in [-0.2, 0) is 11.2 Å². The minimum Gasteiger partial charge on any atom is -0.481 e. The van der Waals surface area contributed by atoms with Gasteiger partial charge in [-0.2, -0.15) is 9.61 Å². The number of nitrogen functional groups attached to an aromatic ring is 1. The molecular weight excluding hydrogens is 434 g/mol. The SMILES string of the molecule is Nc1c(Br)c([C@H]2CC[C@H](C(=O)O)CC2)nc2c(-c3cnc4c(c3)CC=C4)cnn12. The average molecular weight is 454 g/mol. The number of hydrogen-bond donors (Lipinski definition) is 2. The van der Waals surface area contributed by atoms with Crippen molar-refractivity contribution in [2.24, 2.45) is 5.92 Å². The monoisotopic (exact) mass is 453 g/mol. The van der Waals surface area contributed by atoms with Crippen LogP contribution in [0.2, 0.25) is 0 Å². The van der Waals surface area contributed by atoms with Crippen molar-refractivity contribution >= 4 is 39.4 Å². The van der Waals surface area contributed by atoms with Crippen molar-refractivity contribution in [3.8, 4) is 11.1 Å². The van der Waals surface area contributed by atoms with Gasteiger partial charge in [-0.05, 0) is 65.7 Å². The van der Waals surface area contributed by atoms with Crippen molar-refractivity contribution in [1.82, 2.24) is 19.6 Å². The van der Waals surface area contributed by atoms with Gasteiger partial charge in [0.15, 0.2) is 5.65 Å². The van der Waals surface area contributed by atoms with Gasteiger partial charge < -0.3 is 10.8 Å². The molecule has 2 aliphatic carbocycles. The van der Waals surface area contributed by atoms with E-state index in [1.807, 2.05) is 12.3 Å². The summed E-state index contributed by atoms with van der Waals surface area (Å²) in [4.78, 5) is 20.8. The van der Waals surface area contributed by atoms with Gasteiger partial charge in [0, 0.05) is 23.2 Å². The maximum atomic E-state index is 11.3. The molecule has 7 nitrogen and oxygen atoms in total. The second-order valence-electron chi connectivity index (χ2n) is 7.75. The van der Waals surface area contributed by atoms with Gasteiger partial charge in [0.05, 0.1) is 28.0 Å². The van der Waals surface area contributed by atoms with Crippen LogP contribution in [-0.4, -0.2) is 30.7 Å². The number of pyridine rings is 1. The van der Waals surface area contributed by atoms with E-state index < -0.39 is 5.97 Å². The molecular formula is C21H20BrN5O2. The molecule has 0 radical (unpaired) electrons. The maximum Gasteiger partial charge on any atom is 0.306 e. The molecule has 3 aromatic heterocycles. The van der Waals surface area contributed by atoms with Gasteiger partial charge in [0.2, 0.25) is 0 Å². The average Bonchev–Trinajstić information content (AvgIpc) is 3.37. The second-order valence-corrected chi connectivity index (χ2v) is 8.54. The van der Waals surface area contributed by atoms with Crippen LogP contribution in [0.15, 0.2) is 29.0 Å². The van der Waals surface area contributed by atoms with E-state index in [2.05, 4.69) is 38.2 Å². The highest BCUT2D eigenvalue weighted by Gasteiger charge is 2.30. The largest absolute Gasteiger partial charge is 0.481 e. The summed E-state index contributed by atoms with van der Waals surface area (Å²) in [6, 6.07) is 2.14. The standard InChI is InChI=1S/C21H20BrN5O2/c22-17-18(11-4-6-12(7-5-11)21(28)29)26-20-15(10-25-27(20)19(17)23)14-8-13-2-1-3-16(13)24-9-14/h1,3,8-12H,2,4-7,23H2,(H,28,29)/t11-,12-. The lowest BCUT2D eigenvalue weighted by molar-refractivity contribution is -0.142. The molecule has 3 heterocycles. The summed E-state index contributed by atoms with van der Waals surface area (Å²) in [6.07, 6.45) is 11.5. The van der Waals surface area contributed by atoms with Gasteiger partial charge in [0.25, 0.3) is 0 Å². The zero-order valence-corrected chi connectivity index (χ0v) is 17.3. The third-order valence-corrected chi connectivity index (χ3v) is 6.85. The Morgan fingerprint density at radius 1 is 1.24 bits per heavy atom. The summed E-state index contributed by atoms with van der Waals surface area (Å²) < 4.78 is 2.40. The summed E-state index contributed by atoms with van der Waals surface area (Å²) in [5, 5.41) is 13.7. The first-order valence-electron chi connectivity index (χ1n) is 9.74. The second kappa shape index (κ2) is 6.95. The molecule has 2 aliphatic rings. The van der Waals surface area contributed by atoms with E-state index in [1.165, 1.54) is 5.56 Å². The molecule has 3 N–H and O–H groups in total. The summed E-state index contributed by atoms with van der Waals surface area (Å²) in [5.74, 6) is -0.283. The van der Waals surface area contributed by atoms with E-state index >= 15 is 0 Å². The van der Waals surface area contributed by atoms with Gasteiger partial charge in [0.1, 0.15) is 5.82 Å². The number of halogens is 1. The lowest BCUT2D eigenvalue weighted by atomic mass is 9.80. The first kappa shape index (κ1) is 18.3. The Balaban J connectivity index is 1.56. The van der Waals surface area contributed by atoms with E-state index in [0.29, 0.717) is 24.3 Å². The number of aliphatic carboxylic acids is 1. The Morgan fingerprint density at radius 3 is 2.79 bits per heavy atom. The smallest absolute Gasteiger partial charge is 0.306 e. The Labute approximate surface area is 175 Å². The fraction of sp³-hybridized carbons (Fsp3) is 0.333. The zero-order valence-electron chi connectivity index (χ0n) is 15.7. The number of aromatic nitrogens is 4. The van der Waals surface area contributed by atoms with E-state index in [9.17, 15) is 9.90 Å². The topological polar surface area (TPSA) is 106 Å². The Bertz CT molecular complexity index is 1160. The van der Waals surface area contributed by atoms with Crippen LogP contribution in [0, 0.1) is 5.92 Å². The van der Waals surface area contributed by atoms with Crippen molar-refractivity contribution in [2.45, 2.75) is 38.0 Å². The molecule has 0 bridgehead atoms. The third-order valence-electron chi connectivity index (χ3n) is 6.04. The van der Waals surface area contributed by atoms with Crippen molar-refractivity contribution in [3.05, 3.63) is 46.0 Å². The molecule has 1 saturated carbocycles. The summed E-state index contributed by atoms with van der Waals surface area (Å²) in [6.45, 7) is 0. The van der Waals surface area contributed by atoms with Gasteiger partial charge in [-0.1, -0.05) is 6.08 Å². The molecule has 0 aromatic carbocycles. The highest BCUT2D eigenvalue weighted by Crippen LogP contribution is 2.40. The minimum absolute atomic E-state index is 0.178. The number of nitrogens with two attached hydrogens (primary N) is 1. The lowest BCUT2D eigenvalue weighted by Gasteiger charge is -2.26. The van der Waals surface area contributed by atoms with Gasteiger partial charge in [-0.3, -0.25) is 9.78 Å². The molecule has 1 fully saturated rings. The van der Waals surface area contributed by atoms with Crippen molar-refractivity contribution in [3.63, 3.8) is 0 Å². The van der Waals surface area contributed by atoms with Crippen LogP contribution in [0.25, 0.3) is 22.9 Å². The number of carboxylic acids is 1. The highest BCUT2D eigenvalue weighted by molar-refractivity contribution is 9.10. The first-order valence-corrected chi connectivity index (χ1v) is 10.5. The molecule has 0 amide bonds. The molecule has 3 aromatic rings. The number of carbonyl (C=O) groups is 1. The molecule has 0 atom stereocenters. The number of allylic oxidation sites excluding steroid dienone is 1. The molecule has 0 saturated heterocycles. The Kier molecular flexibility index (Phi) is 4.38. The normalized spacial score (nSPS) is 20.9. The van der Waals surface area contributed by atoms with Crippen LogP contribution in [0.5, 0.6) is 0 Å². The zero-order chi connectivity index (χ0) is 20.1. The fourth-order valence-corrected chi connectivity index (χ4v) is 4.96. The predicted molar refractivity (Wildman–Crippen MR) is 113 cm³/mol. The molecule has 0 spiro atoms. The van der Waals surface area contributed by atoms with Crippen molar-refractivity contribution in [1.29, 1.82) is 0 Å². The minimum atomic E-state index is -0.706. The van der Waals surface area contributed by atoms with Crippen LogP contribution in [0.1, 0.15) is 48.6 Å². The molecule has 148 valence electrons. The lowest BCUT2D eigenvalue weighted by Crippen LogP contribution is -2.21. The number of rotatable bonds is 3.